The van der Waals surface area contributed by atoms with Gasteiger partial charge in [-0.1, -0.05) is 12.1 Å². The highest BCUT2D eigenvalue weighted by Gasteiger charge is 2.17. The van der Waals surface area contributed by atoms with Crippen molar-refractivity contribution in [3.8, 4) is 5.75 Å². The van der Waals surface area contributed by atoms with Gasteiger partial charge in [-0.25, -0.2) is 4.79 Å². The van der Waals surface area contributed by atoms with Crippen molar-refractivity contribution < 1.29 is 24.0 Å². The van der Waals surface area contributed by atoms with Crippen molar-refractivity contribution in [2.24, 2.45) is 0 Å². The van der Waals surface area contributed by atoms with E-state index in [0.29, 0.717) is 12.1 Å². The first-order valence-corrected chi connectivity index (χ1v) is 7.03. The topological polar surface area (TPSA) is 102 Å². The molecule has 112 valence electrons. The fourth-order valence-electron chi connectivity index (χ4n) is 1.59. The lowest BCUT2D eigenvalue weighted by atomic mass is 10.3. The Bertz CT molecular complexity index is 661. The Hall–Kier alpha value is -2.35. The summed E-state index contributed by atoms with van der Waals surface area (Å²) in [5, 5.41) is 15.2. The lowest BCUT2D eigenvalue weighted by molar-refractivity contribution is -0.118. The van der Waals surface area contributed by atoms with Crippen LogP contribution in [0.4, 0.5) is 5.88 Å². The Kier molecular flexibility index (Phi) is 4.59. The molecule has 7 nitrogen and oxygen atoms in total. The summed E-state index contributed by atoms with van der Waals surface area (Å²) in [6.45, 7) is 3.34. The van der Waals surface area contributed by atoms with E-state index in [4.69, 9.17) is 14.4 Å². The van der Waals surface area contributed by atoms with Crippen LogP contribution in [0.1, 0.15) is 27.2 Å². The SMILES string of the molecule is CCc1cc(OCC(=O)Nc2cc(C)no2)c(C(=O)O)s1. The van der Waals surface area contributed by atoms with Crippen molar-refractivity contribution in [2.75, 3.05) is 11.9 Å². The predicted molar refractivity (Wildman–Crippen MR) is 76.0 cm³/mol. The van der Waals surface area contributed by atoms with Gasteiger partial charge < -0.3 is 14.4 Å². The summed E-state index contributed by atoms with van der Waals surface area (Å²) < 4.78 is 10.1. The number of nitrogens with one attached hydrogen (secondary N) is 1. The van der Waals surface area contributed by atoms with Crippen molar-refractivity contribution in [1.29, 1.82) is 0 Å². The molecule has 2 aromatic rings. The quantitative estimate of drug-likeness (QED) is 0.849. The van der Waals surface area contributed by atoms with E-state index in [1.165, 1.54) is 0 Å². The molecule has 0 bridgehead atoms. The summed E-state index contributed by atoms with van der Waals surface area (Å²) in [4.78, 5) is 23.8. The highest BCUT2D eigenvalue weighted by Crippen LogP contribution is 2.29. The third-order valence-electron chi connectivity index (χ3n) is 2.54. The molecule has 2 aromatic heterocycles. The smallest absolute Gasteiger partial charge is 0.349 e. The molecule has 0 saturated heterocycles. The standard InChI is InChI=1S/C13H14N2O5S/c1-3-8-5-9(12(21-8)13(17)18)19-6-10(16)14-11-4-7(2)15-20-11/h4-5H,3,6H2,1-2H3,(H,14,16)(H,17,18). The Morgan fingerprint density at radius 1 is 1.48 bits per heavy atom. The highest BCUT2D eigenvalue weighted by molar-refractivity contribution is 7.14. The summed E-state index contributed by atoms with van der Waals surface area (Å²) >= 11 is 1.14. The first-order valence-electron chi connectivity index (χ1n) is 6.21. The summed E-state index contributed by atoms with van der Waals surface area (Å²) in [6, 6.07) is 3.21. The number of carboxylic acid groups (broad SMARTS) is 1. The van der Waals surface area contributed by atoms with Gasteiger partial charge in [0.1, 0.15) is 5.75 Å². The molecule has 0 atom stereocenters. The van der Waals surface area contributed by atoms with Crippen LogP contribution in [0.15, 0.2) is 16.7 Å². The molecule has 8 heteroatoms. The van der Waals surface area contributed by atoms with E-state index >= 15 is 0 Å². The van der Waals surface area contributed by atoms with Gasteiger partial charge in [0, 0.05) is 10.9 Å². The summed E-state index contributed by atoms with van der Waals surface area (Å²) in [5.74, 6) is -1.10. The van der Waals surface area contributed by atoms with Gasteiger partial charge in [0.15, 0.2) is 11.5 Å². The number of carboxylic acids is 1. The molecular formula is C13H14N2O5S. The second-order valence-corrected chi connectivity index (χ2v) is 5.37. The number of aromatic nitrogens is 1. The number of rotatable bonds is 6. The second kappa shape index (κ2) is 6.40. The maximum absolute atomic E-state index is 11.7. The van der Waals surface area contributed by atoms with Crippen LogP contribution in [0.2, 0.25) is 0 Å². The highest BCUT2D eigenvalue weighted by atomic mass is 32.1. The summed E-state index contributed by atoms with van der Waals surface area (Å²) in [5.41, 5.74) is 0.643. The van der Waals surface area contributed by atoms with Gasteiger partial charge in [0.2, 0.25) is 5.88 Å². The number of amides is 1. The molecule has 0 aliphatic heterocycles. The largest absolute Gasteiger partial charge is 0.482 e. The minimum absolute atomic E-state index is 0.0927. The number of carbonyl (C=O) groups is 2. The van der Waals surface area contributed by atoms with Crippen molar-refractivity contribution in [3.05, 3.63) is 27.6 Å². The van der Waals surface area contributed by atoms with E-state index in [1.807, 2.05) is 6.92 Å². The van der Waals surface area contributed by atoms with E-state index in [9.17, 15) is 9.59 Å². The maximum atomic E-state index is 11.7. The Morgan fingerprint density at radius 2 is 2.24 bits per heavy atom. The van der Waals surface area contributed by atoms with Gasteiger partial charge in [-0.2, -0.15) is 0 Å². The van der Waals surface area contributed by atoms with Crippen LogP contribution in [-0.4, -0.2) is 28.7 Å². The number of hydrogen-bond acceptors (Lipinski definition) is 6. The monoisotopic (exact) mass is 310 g/mol. The molecule has 1 amide bonds. The maximum Gasteiger partial charge on any atom is 0.349 e. The minimum Gasteiger partial charge on any atom is -0.482 e. The average molecular weight is 310 g/mol. The molecule has 0 spiro atoms. The lowest BCUT2D eigenvalue weighted by Gasteiger charge is -2.04. The average Bonchev–Trinajstić information content (AvgIpc) is 3.02. The second-order valence-electron chi connectivity index (χ2n) is 4.23. The number of carbonyl (C=O) groups excluding carboxylic acids is 1. The van der Waals surface area contributed by atoms with Crippen LogP contribution in [0.25, 0.3) is 0 Å². The number of anilines is 1. The minimum atomic E-state index is -1.07. The molecular weight excluding hydrogens is 296 g/mol. The molecule has 0 fully saturated rings. The Morgan fingerprint density at radius 3 is 2.81 bits per heavy atom. The molecule has 0 radical (unpaired) electrons. The molecule has 2 rings (SSSR count). The number of aryl methyl sites for hydroxylation is 2. The number of nitrogens with zero attached hydrogens (tertiary/aromatic N) is 1. The van der Waals surface area contributed by atoms with E-state index in [2.05, 4.69) is 10.5 Å². The van der Waals surface area contributed by atoms with Crippen molar-refractivity contribution in [1.82, 2.24) is 5.16 Å². The molecule has 0 unspecified atom stereocenters. The summed E-state index contributed by atoms with van der Waals surface area (Å²) in [7, 11) is 0. The van der Waals surface area contributed by atoms with Gasteiger partial charge in [0.25, 0.3) is 5.91 Å². The zero-order valence-corrected chi connectivity index (χ0v) is 12.3. The van der Waals surface area contributed by atoms with Crippen LogP contribution in [-0.2, 0) is 11.2 Å². The Labute approximate surface area is 124 Å². The van der Waals surface area contributed by atoms with Crippen LogP contribution < -0.4 is 10.1 Å². The molecule has 0 aliphatic carbocycles. The van der Waals surface area contributed by atoms with E-state index in [0.717, 1.165) is 16.2 Å². The summed E-state index contributed by atoms with van der Waals surface area (Å²) in [6.07, 6.45) is 0.706. The van der Waals surface area contributed by atoms with E-state index in [1.54, 1.807) is 19.1 Å². The number of aromatic carboxylic acids is 1. The molecule has 2 N–H and O–H groups in total. The molecule has 21 heavy (non-hydrogen) atoms. The molecule has 2 heterocycles. The lowest BCUT2D eigenvalue weighted by Crippen LogP contribution is -2.20. The van der Waals surface area contributed by atoms with Crippen LogP contribution in [0.3, 0.4) is 0 Å². The van der Waals surface area contributed by atoms with E-state index < -0.39 is 11.9 Å². The third-order valence-corrected chi connectivity index (χ3v) is 3.79. The van der Waals surface area contributed by atoms with Crippen LogP contribution in [0.5, 0.6) is 5.75 Å². The van der Waals surface area contributed by atoms with E-state index in [-0.39, 0.29) is 23.1 Å². The first-order chi connectivity index (χ1) is 9.99. The van der Waals surface area contributed by atoms with Crippen molar-refractivity contribution >= 4 is 29.1 Å². The zero-order valence-electron chi connectivity index (χ0n) is 11.5. The van der Waals surface area contributed by atoms with Crippen LogP contribution in [0, 0.1) is 6.92 Å². The number of thiophene rings is 1. The molecule has 0 aromatic carbocycles. The van der Waals surface area contributed by atoms with Gasteiger partial charge in [-0.3, -0.25) is 10.1 Å². The molecule has 0 aliphatic rings. The van der Waals surface area contributed by atoms with Gasteiger partial charge >= 0.3 is 5.97 Å². The fourth-order valence-corrected chi connectivity index (χ4v) is 2.47. The van der Waals surface area contributed by atoms with Gasteiger partial charge in [-0.15, -0.1) is 11.3 Å². The van der Waals surface area contributed by atoms with Crippen molar-refractivity contribution in [3.63, 3.8) is 0 Å². The molecule has 0 saturated carbocycles. The van der Waals surface area contributed by atoms with Crippen LogP contribution >= 0.6 is 11.3 Å². The first kappa shape index (κ1) is 15.0. The number of hydrogen-bond donors (Lipinski definition) is 2. The third kappa shape index (κ3) is 3.82. The normalized spacial score (nSPS) is 10.4. The zero-order chi connectivity index (χ0) is 15.4. The predicted octanol–water partition coefficient (Wildman–Crippen LogP) is 2.32. The number of ether oxygens (including phenoxy) is 1. The van der Waals surface area contributed by atoms with Crippen molar-refractivity contribution in [2.45, 2.75) is 20.3 Å². The Balaban J connectivity index is 1.97. The van der Waals surface area contributed by atoms with Gasteiger partial charge in [-0.05, 0) is 19.4 Å². The fraction of sp³-hybridized carbons (Fsp3) is 0.308. The van der Waals surface area contributed by atoms with Gasteiger partial charge in [0.05, 0.1) is 5.69 Å².